The van der Waals surface area contributed by atoms with Gasteiger partial charge in [-0.05, 0) is 30.3 Å². The molecule has 4 heteroatoms. The van der Waals surface area contributed by atoms with Crippen molar-refractivity contribution in [2.24, 2.45) is 0 Å². The third-order valence-electron chi connectivity index (χ3n) is 4.95. The van der Waals surface area contributed by atoms with Gasteiger partial charge in [0.1, 0.15) is 17.7 Å². The fourth-order valence-electron chi connectivity index (χ4n) is 3.88. The van der Waals surface area contributed by atoms with Crippen LogP contribution in [-0.2, 0) is 6.54 Å². The zero-order chi connectivity index (χ0) is 16.4. The van der Waals surface area contributed by atoms with Crippen molar-refractivity contribution >= 4 is 32.7 Å². The number of fused-ring (bicyclic) bond motifs is 7. The van der Waals surface area contributed by atoms with Crippen LogP contribution in [0.1, 0.15) is 5.56 Å². The van der Waals surface area contributed by atoms with Crippen molar-refractivity contribution in [1.82, 2.24) is 9.55 Å². The second kappa shape index (κ2) is 4.77. The van der Waals surface area contributed by atoms with E-state index in [9.17, 15) is 0 Å². The third-order valence-corrected chi connectivity index (χ3v) is 6.16. The number of aromatic nitrogens is 3. The number of nitrogens with zero attached hydrogens (tertiary/aromatic N) is 3. The average Bonchev–Trinajstić information content (AvgIpc) is 3.30. The van der Waals surface area contributed by atoms with Gasteiger partial charge in [-0.25, -0.2) is 4.57 Å². The largest absolute Gasteiger partial charge is 0.308 e. The Balaban J connectivity index is 1.79. The summed E-state index contributed by atoms with van der Waals surface area (Å²) in [5, 5.41) is 1.33. The van der Waals surface area contributed by atoms with Crippen LogP contribution < -0.4 is 4.57 Å². The van der Waals surface area contributed by atoms with E-state index >= 15 is 0 Å². The van der Waals surface area contributed by atoms with Gasteiger partial charge in [-0.2, -0.15) is 4.57 Å². The second-order valence-corrected chi connectivity index (χ2v) is 7.34. The van der Waals surface area contributed by atoms with E-state index in [0.29, 0.717) is 0 Å². The van der Waals surface area contributed by atoms with E-state index in [4.69, 9.17) is 4.98 Å². The molecule has 0 aliphatic carbocycles. The Hall–Kier alpha value is -2.98. The van der Waals surface area contributed by atoms with Crippen molar-refractivity contribution in [2.75, 3.05) is 0 Å². The molecule has 3 aromatic heterocycles. The van der Waals surface area contributed by atoms with Crippen LogP contribution in [0, 0.1) is 0 Å². The maximum absolute atomic E-state index is 4.70. The Morgan fingerprint density at radius 1 is 0.920 bits per heavy atom. The molecule has 0 amide bonds. The number of hydrogen-bond acceptors (Lipinski definition) is 2. The highest BCUT2D eigenvalue weighted by Gasteiger charge is 2.34. The molecule has 0 N–H and O–H groups in total. The summed E-state index contributed by atoms with van der Waals surface area (Å²) in [4.78, 5) is 4.70. The molecular weight excluding hydrogens is 326 g/mol. The standard InChI is InChI=1S/C21H14N3S/c1-2-8-15(9-3-1)24-17-11-6-12-22-18(17)19-20(24)23-13-14-7-4-5-10-16(14)21(23)25-19/h1-12H,13H2/q+1. The lowest BCUT2D eigenvalue weighted by Crippen LogP contribution is -2.32. The zero-order valence-electron chi connectivity index (χ0n) is 13.4. The molecule has 0 radical (unpaired) electrons. The third kappa shape index (κ3) is 1.69. The molecule has 0 atom stereocenters. The van der Waals surface area contributed by atoms with E-state index in [0.717, 1.165) is 12.1 Å². The average molecular weight is 340 g/mol. The molecule has 6 rings (SSSR count). The lowest BCUT2D eigenvalue weighted by molar-refractivity contribution is -0.644. The van der Waals surface area contributed by atoms with Gasteiger partial charge in [-0.1, -0.05) is 47.7 Å². The summed E-state index contributed by atoms with van der Waals surface area (Å²) in [6, 6.07) is 23.5. The van der Waals surface area contributed by atoms with Crippen molar-refractivity contribution in [3.05, 3.63) is 78.5 Å². The van der Waals surface area contributed by atoms with E-state index in [-0.39, 0.29) is 0 Å². The molecule has 1 aliphatic rings. The van der Waals surface area contributed by atoms with Crippen LogP contribution in [0.3, 0.4) is 0 Å². The van der Waals surface area contributed by atoms with Gasteiger partial charge in [0.2, 0.25) is 0 Å². The minimum atomic E-state index is 0.925. The van der Waals surface area contributed by atoms with Crippen molar-refractivity contribution < 1.29 is 4.57 Å². The number of rotatable bonds is 1. The Morgan fingerprint density at radius 3 is 2.68 bits per heavy atom. The predicted molar refractivity (Wildman–Crippen MR) is 101 cm³/mol. The molecule has 3 nitrogen and oxygen atoms in total. The Morgan fingerprint density at radius 2 is 1.76 bits per heavy atom. The first-order valence-electron chi connectivity index (χ1n) is 8.37. The van der Waals surface area contributed by atoms with Crippen LogP contribution >= 0.6 is 11.3 Å². The lowest BCUT2D eigenvalue weighted by Gasteiger charge is -2.00. The van der Waals surface area contributed by atoms with E-state index in [1.165, 1.54) is 37.7 Å². The molecular formula is C21H14N3S+. The summed E-state index contributed by atoms with van der Waals surface area (Å²) >= 11 is 1.85. The monoisotopic (exact) mass is 340 g/mol. The molecule has 0 saturated carbocycles. The van der Waals surface area contributed by atoms with Gasteiger partial charge in [0, 0.05) is 17.3 Å². The lowest BCUT2D eigenvalue weighted by atomic mass is 10.1. The summed E-state index contributed by atoms with van der Waals surface area (Å²) in [7, 11) is 0. The van der Waals surface area contributed by atoms with Crippen LogP contribution in [0.5, 0.6) is 0 Å². The summed E-state index contributed by atoms with van der Waals surface area (Å²) in [5.41, 5.74) is 7.43. The Bertz CT molecular complexity index is 1260. The fraction of sp³-hybridized carbons (Fsp3) is 0.0476. The molecule has 0 unspecified atom stereocenters. The minimum Gasteiger partial charge on any atom is -0.251 e. The SMILES string of the molecule is c1ccc(-n2c3cccnc3c3sc4[n+](c32)Cc2ccccc2-4)cc1. The van der Waals surface area contributed by atoms with E-state index in [1.807, 2.05) is 23.6 Å². The molecule has 0 bridgehead atoms. The van der Waals surface area contributed by atoms with Crippen LogP contribution in [0.4, 0.5) is 0 Å². The molecule has 0 saturated heterocycles. The van der Waals surface area contributed by atoms with E-state index < -0.39 is 0 Å². The van der Waals surface area contributed by atoms with Gasteiger partial charge < -0.3 is 0 Å². The summed E-state index contributed by atoms with van der Waals surface area (Å²) in [6.07, 6.45) is 1.89. The summed E-state index contributed by atoms with van der Waals surface area (Å²) in [5.74, 6) is 0. The van der Waals surface area contributed by atoms with Gasteiger partial charge in [0.25, 0.3) is 0 Å². The first kappa shape index (κ1) is 13.3. The molecule has 4 heterocycles. The van der Waals surface area contributed by atoms with Crippen molar-refractivity contribution in [3.8, 4) is 16.3 Å². The quantitative estimate of drug-likeness (QED) is 0.402. The van der Waals surface area contributed by atoms with Gasteiger partial charge >= 0.3 is 5.65 Å². The maximum Gasteiger partial charge on any atom is 0.308 e. The van der Waals surface area contributed by atoms with Crippen molar-refractivity contribution in [3.63, 3.8) is 0 Å². The van der Waals surface area contributed by atoms with Crippen LogP contribution in [-0.4, -0.2) is 9.55 Å². The number of pyridine rings is 1. The van der Waals surface area contributed by atoms with Crippen LogP contribution in [0.25, 0.3) is 37.6 Å². The van der Waals surface area contributed by atoms with Gasteiger partial charge in [-0.3, -0.25) is 4.98 Å². The maximum atomic E-state index is 4.70. The molecule has 25 heavy (non-hydrogen) atoms. The number of para-hydroxylation sites is 1. The predicted octanol–water partition coefficient (Wildman–Crippen LogP) is 4.56. The molecule has 118 valence electrons. The molecule has 2 aromatic carbocycles. The van der Waals surface area contributed by atoms with E-state index in [2.05, 4.69) is 69.8 Å². The number of thiazole rings is 1. The van der Waals surface area contributed by atoms with Crippen molar-refractivity contribution in [1.29, 1.82) is 0 Å². The molecule has 5 aromatic rings. The first-order valence-corrected chi connectivity index (χ1v) is 9.19. The zero-order valence-corrected chi connectivity index (χ0v) is 14.2. The van der Waals surface area contributed by atoms with Gasteiger partial charge in [0.15, 0.2) is 15.2 Å². The van der Waals surface area contributed by atoms with Crippen LogP contribution in [0.2, 0.25) is 0 Å². The normalized spacial score (nSPS) is 12.6. The van der Waals surface area contributed by atoms with Crippen molar-refractivity contribution in [2.45, 2.75) is 6.54 Å². The fourth-order valence-corrected chi connectivity index (χ4v) is 5.19. The second-order valence-electron chi connectivity index (χ2n) is 6.35. The molecule has 0 fully saturated rings. The minimum absolute atomic E-state index is 0.925. The smallest absolute Gasteiger partial charge is 0.251 e. The first-order chi connectivity index (χ1) is 12.4. The molecule has 0 spiro atoms. The summed E-state index contributed by atoms with van der Waals surface area (Å²) < 4.78 is 6.06. The Labute approximate surface area is 148 Å². The van der Waals surface area contributed by atoms with Crippen LogP contribution in [0.15, 0.2) is 72.9 Å². The molecule has 1 aliphatic heterocycles. The van der Waals surface area contributed by atoms with Gasteiger partial charge in [0.05, 0.1) is 0 Å². The highest BCUT2D eigenvalue weighted by molar-refractivity contribution is 7.22. The summed E-state index contributed by atoms with van der Waals surface area (Å²) in [6.45, 7) is 0.925. The van der Waals surface area contributed by atoms with Gasteiger partial charge in [-0.15, -0.1) is 0 Å². The van der Waals surface area contributed by atoms with E-state index in [1.54, 1.807) is 0 Å². The topological polar surface area (TPSA) is 21.7 Å². The Kier molecular flexibility index (Phi) is 2.54. The number of benzene rings is 2. The number of hydrogen-bond donors (Lipinski definition) is 0. The highest BCUT2D eigenvalue weighted by atomic mass is 32.1. The highest BCUT2D eigenvalue weighted by Crippen LogP contribution is 2.40.